The Morgan fingerprint density at radius 2 is 1.27 bits per heavy atom. The fourth-order valence-corrected chi connectivity index (χ4v) is 2.40. The minimum atomic E-state index is -6.92. The summed E-state index contributed by atoms with van der Waals surface area (Å²) in [6, 6.07) is 4.92. The van der Waals surface area contributed by atoms with E-state index in [9.17, 15) is 49.1 Å². The second-order valence-electron chi connectivity index (χ2n) is 6.14. The number of anilines is 1. The molecule has 0 saturated heterocycles. The molecule has 0 aliphatic carbocycles. The molecule has 0 N–H and O–H groups in total. The maximum atomic E-state index is 13.4. The summed E-state index contributed by atoms with van der Waals surface area (Å²) in [6.07, 6.45) is -7.75. The molecule has 1 heterocycles. The second kappa shape index (κ2) is 7.84. The van der Waals surface area contributed by atoms with Gasteiger partial charge in [0, 0.05) is 18.6 Å². The van der Waals surface area contributed by atoms with Crippen molar-refractivity contribution in [1.29, 1.82) is 0 Å². The summed E-state index contributed by atoms with van der Waals surface area (Å²) in [4.78, 5) is 23.9. The quantitative estimate of drug-likeness (QED) is 0.327. The van der Waals surface area contributed by atoms with Gasteiger partial charge in [-0.3, -0.25) is 9.59 Å². The highest BCUT2D eigenvalue weighted by molar-refractivity contribution is 6.28. The molecule has 0 saturated carbocycles. The van der Waals surface area contributed by atoms with Crippen molar-refractivity contribution in [2.75, 3.05) is 11.5 Å². The van der Waals surface area contributed by atoms with Crippen LogP contribution in [-0.4, -0.2) is 42.4 Å². The molecule has 0 bridgehead atoms. The molecule has 0 fully saturated rings. The number of amides is 2. The first-order valence-electron chi connectivity index (χ1n) is 8.11. The van der Waals surface area contributed by atoms with Crippen molar-refractivity contribution in [2.24, 2.45) is 0 Å². The van der Waals surface area contributed by atoms with Crippen LogP contribution in [0.15, 0.2) is 36.4 Å². The van der Waals surface area contributed by atoms with E-state index in [1.165, 1.54) is 24.3 Å². The Balaban J connectivity index is 1.93. The molecule has 4 nitrogen and oxygen atoms in total. The van der Waals surface area contributed by atoms with E-state index in [0.29, 0.717) is 0 Å². The Kier molecular flexibility index (Phi) is 6.15. The summed E-state index contributed by atoms with van der Waals surface area (Å²) in [7, 11) is 0. The van der Waals surface area contributed by atoms with E-state index >= 15 is 0 Å². The number of ether oxygens (including phenoxy) is 1. The van der Waals surface area contributed by atoms with E-state index in [1.807, 2.05) is 0 Å². The summed E-state index contributed by atoms with van der Waals surface area (Å²) in [5.41, 5.74) is 0.155. The normalized spacial score (nSPS) is 15.8. The van der Waals surface area contributed by atoms with Gasteiger partial charge in [-0.15, -0.1) is 0 Å². The summed E-state index contributed by atoms with van der Waals surface area (Å²) in [5.74, 6) is -20.4. The van der Waals surface area contributed by atoms with Crippen LogP contribution in [0.5, 0.6) is 5.75 Å². The lowest BCUT2D eigenvalue weighted by Gasteiger charge is -2.33. The predicted molar refractivity (Wildman–Crippen MR) is 83.7 cm³/mol. The molecule has 0 spiro atoms. The molecule has 1 aromatic carbocycles. The Bertz CT molecular complexity index is 814. The lowest BCUT2D eigenvalue weighted by Crippen LogP contribution is -2.60. The van der Waals surface area contributed by atoms with Crippen molar-refractivity contribution >= 4 is 17.5 Å². The molecule has 0 aromatic heterocycles. The van der Waals surface area contributed by atoms with Crippen LogP contribution < -0.4 is 9.64 Å². The van der Waals surface area contributed by atoms with E-state index in [1.54, 1.807) is 0 Å². The van der Waals surface area contributed by atoms with E-state index in [4.69, 9.17) is 4.74 Å². The van der Waals surface area contributed by atoms with Crippen LogP contribution in [0, 0.1) is 0 Å². The van der Waals surface area contributed by atoms with Gasteiger partial charge in [-0.05, 0) is 30.7 Å². The third-order valence-electron chi connectivity index (χ3n) is 4.02. The number of imide groups is 1. The second-order valence-corrected chi connectivity index (χ2v) is 6.14. The predicted octanol–water partition coefficient (Wildman–Crippen LogP) is 4.74. The van der Waals surface area contributed by atoms with Crippen LogP contribution in [0.4, 0.5) is 45.2 Å². The molecule has 30 heavy (non-hydrogen) atoms. The van der Waals surface area contributed by atoms with Gasteiger partial charge in [-0.25, -0.2) is 4.90 Å². The van der Waals surface area contributed by atoms with Gasteiger partial charge < -0.3 is 4.74 Å². The Morgan fingerprint density at radius 1 is 0.767 bits per heavy atom. The maximum Gasteiger partial charge on any atom is 0.460 e. The average Bonchev–Trinajstić information content (AvgIpc) is 2.96. The van der Waals surface area contributed by atoms with Gasteiger partial charge in [0.2, 0.25) is 0 Å². The number of hydrogen-bond acceptors (Lipinski definition) is 3. The van der Waals surface area contributed by atoms with Crippen molar-refractivity contribution in [3.63, 3.8) is 0 Å². The van der Waals surface area contributed by atoms with Gasteiger partial charge in [-0.2, -0.15) is 39.5 Å². The van der Waals surface area contributed by atoms with Crippen LogP contribution in [-0.2, 0) is 9.59 Å². The maximum absolute atomic E-state index is 13.4. The van der Waals surface area contributed by atoms with E-state index in [2.05, 4.69) is 0 Å². The molecular weight excluding hydrogens is 437 g/mol. The lowest BCUT2D eigenvalue weighted by molar-refractivity contribution is -0.396. The van der Waals surface area contributed by atoms with Gasteiger partial charge in [0.25, 0.3) is 11.8 Å². The average molecular weight is 449 g/mol. The molecule has 0 atom stereocenters. The highest BCUT2D eigenvalue weighted by Crippen LogP contribution is 2.54. The highest BCUT2D eigenvalue weighted by Gasteiger charge is 2.81. The number of nitrogens with zero attached hydrogens (tertiary/aromatic N) is 1. The summed E-state index contributed by atoms with van der Waals surface area (Å²) < 4.78 is 120. The zero-order chi connectivity index (χ0) is 23.0. The van der Waals surface area contributed by atoms with Crippen LogP contribution in [0.2, 0.25) is 0 Å². The van der Waals surface area contributed by atoms with Crippen molar-refractivity contribution in [3.05, 3.63) is 36.4 Å². The van der Waals surface area contributed by atoms with E-state index in [-0.39, 0.29) is 11.4 Å². The Morgan fingerprint density at radius 3 is 1.73 bits per heavy atom. The van der Waals surface area contributed by atoms with Gasteiger partial charge in [0.05, 0.1) is 12.3 Å². The lowest BCUT2D eigenvalue weighted by atomic mass is 10.00. The summed E-state index contributed by atoms with van der Waals surface area (Å²) >= 11 is 0. The van der Waals surface area contributed by atoms with Crippen LogP contribution in [0.3, 0.4) is 0 Å². The number of alkyl halides is 9. The molecule has 166 valence electrons. The number of halogens is 9. The SMILES string of the molecule is O=C1C=CC(=O)N1c1ccc(OCCCC(F)(F)C(F)(F)C(F)(F)C(F)(F)F)cc1. The van der Waals surface area contributed by atoms with E-state index < -0.39 is 55.2 Å². The van der Waals surface area contributed by atoms with Crippen molar-refractivity contribution < 1.29 is 53.8 Å². The van der Waals surface area contributed by atoms with Gasteiger partial charge in [-0.1, -0.05) is 0 Å². The smallest absolute Gasteiger partial charge is 0.460 e. The minimum Gasteiger partial charge on any atom is -0.494 e. The zero-order valence-electron chi connectivity index (χ0n) is 14.7. The molecule has 2 amide bonds. The first-order valence-corrected chi connectivity index (χ1v) is 8.11. The molecular formula is C17H12F9NO3. The molecule has 0 unspecified atom stereocenters. The largest absolute Gasteiger partial charge is 0.494 e. The van der Waals surface area contributed by atoms with Crippen LogP contribution >= 0.6 is 0 Å². The molecule has 0 radical (unpaired) electrons. The fourth-order valence-electron chi connectivity index (χ4n) is 2.40. The molecule has 1 aliphatic rings. The Labute approximate surface area is 162 Å². The molecule has 2 rings (SSSR count). The standard InChI is InChI=1S/C17H12F9NO3/c18-14(19,15(20,21)16(22,23)17(24,25)26)8-1-9-30-11-4-2-10(3-5-11)27-12(28)6-7-13(27)29/h2-7H,1,8-9H2. The topological polar surface area (TPSA) is 46.6 Å². The van der Waals surface area contributed by atoms with Crippen LogP contribution in [0.25, 0.3) is 0 Å². The number of rotatable bonds is 8. The third-order valence-corrected chi connectivity index (χ3v) is 4.02. The number of benzene rings is 1. The van der Waals surface area contributed by atoms with Crippen molar-refractivity contribution in [3.8, 4) is 5.75 Å². The van der Waals surface area contributed by atoms with Crippen LogP contribution in [0.1, 0.15) is 12.8 Å². The van der Waals surface area contributed by atoms with E-state index in [0.717, 1.165) is 17.1 Å². The van der Waals surface area contributed by atoms with Gasteiger partial charge >= 0.3 is 23.9 Å². The van der Waals surface area contributed by atoms with Gasteiger partial charge in [0.15, 0.2) is 0 Å². The highest BCUT2D eigenvalue weighted by atomic mass is 19.4. The number of carbonyl (C=O) groups excluding carboxylic acids is 2. The van der Waals surface area contributed by atoms with Crippen molar-refractivity contribution in [2.45, 2.75) is 36.8 Å². The monoisotopic (exact) mass is 449 g/mol. The molecule has 13 heteroatoms. The Hall–Kier alpha value is -2.73. The first-order chi connectivity index (χ1) is 13.6. The first kappa shape index (κ1) is 23.5. The number of hydrogen-bond donors (Lipinski definition) is 0. The summed E-state index contributed by atoms with van der Waals surface area (Å²) in [6.45, 7) is -0.703. The summed E-state index contributed by atoms with van der Waals surface area (Å²) in [5, 5.41) is 0. The van der Waals surface area contributed by atoms with Gasteiger partial charge in [0.1, 0.15) is 5.75 Å². The molecule has 1 aliphatic heterocycles. The molecule has 1 aromatic rings. The fraction of sp³-hybridized carbons (Fsp3) is 0.412. The zero-order valence-corrected chi connectivity index (χ0v) is 14.7. The third kappa shape index (κ3) is 4.24. The minimum absolute atomic E-state index is 0.0125. The number of carbonyl (C=O) groups is 2. The van der Waals surface area contributed by atoms with Crippen molar-refractivity contribution in [1.82, 2.24) is 0 Å².